The number of amides is 1. The Kier molecular flexibility index (Phi) is 6.78. The summed E-state index contributed by atoms with van der Waals surface area (Å²) >= 11 is 0. The third-order valence-corrected chi connectivity index (χ3v) is 5.54. The van der Waals surface area contributed by atoms with Gasteiger partial charge >= 0.3 is 5.97 Å². The van der Waals surface area contributed by atoms with Crippen LogP contribution in [0.1, 0.15) is 60.7 Å². The number of aryl methyl sites for hydroxylation is 1. The van der Waals surface area contributed by atoms with Crippen LogP contribution in [-0.4, -0.2) is 36.9 Å². The van der Waals surface area contributed by atoms with Crippen LogP contribution in [0.25, 0.3) is 0 Å². The minimum Gasteiger partial charge on any atom is -0.482 e. The lowest BCUT2D eigenvalue weighted by Gasteiger charge is -2.16. The van der Waals surface area contributed by atoms with Gasteiger partial charge in [-0.25, -0.2) is 4.79 Å². The molecule has 1 heterocycles. The van der Waals surface area contributed by atoms with E-state index in [1.165, 1.54) is 12.5 Å². The number of nitrogens with zero attached hydrogens (tertiary/aromatic N) is 1. The zero-order chi connectivity index (χ0) is 22.7. The maximum absolute atomic E-state index is 12.7. The maximum Gasteiger partial charge on any atom is 0.344 e. The number of rotatable bonds is 7. The fourth-order valence-corrected chi connectivity index (χ4v) is 3.93. The summed E-state index contributed by atoms with van der Waals surface area (Å²) in [4.78, 5) is 38.3. The molecule has 0 aromatic heterocycles. The van der Waals surface area contributed by atoms with E-state index in [1.807, 2.05) is 25.1 Å². The number of esters is 1. The van der Waals surface area contributed by atoms with Crippen molar-refractivity contribution in [1.82, 2.24) is 0 Å². The second-order valence-corrected chi connectivity index (χ2v) is 8.22. The summed E-state index contributed by atoms with van der Waals surface area (Å²) in [6, 6.07) is 10.9. The Morgan fingerprint density at radius 2 is 1.81 bits per heavy atom. The van der Waals surface area contributed by atoms with E-state index in [-0.39, 0.29) is 18.3 Å². The Bertz CT molecular complexity index is 1010. The smallest absolute Gasteiger partial charge is 0.344 e. The van der Waals surface area contributed by atoms with Crippen molar-refractivity contribution in [2.45, 2.75) is 53.1 Å². The first-order valence-corrected chi connectivity index (χ1v) is 10.6. The Hall–Kier alpha value is -3.15. The summed E-state index contributed by atoms with van der Waals surface area (Å²) < 4.78 is 10.8. The first kappa shape index (κ1) is 22.5. The predicted molar refractivity (Wildman–Crippen MR) is 119 cm³/mol. The van der Waals surface area contributed by atoms with E-state index in [0.29, 0.717) is 30.2 Å². The molecular formula is C25H29NO5. The van der Waals surface area contributed by atoms with Gasteiger partial charge in [-0.3, -0.25) is 9.59 Å². The third-order valence-electron chi connectivity index (χ3n) is 5.54. The molecule has 31 heavy (non-hydrogen) atoms. The van der Waals surface area contributed by atoms with Gasteiger partial charge in [0.1, 0.15) is 5.75 Å². The fraction of sp³-hybridized carbons (Fsp3) is 0.400. The second kappa shape index (κ2) is 9.33. The summed E-state index contributed by atoms with van der Waals surface area (Å²) in [6.07, 6.45) is -0.225. The molecule has 1 aliphatic heterocycles. The van der Waals surface area contributed by atoms with E-state index in [4.69, 9.17) is 9.47 Å². The van der Waals surface area contributed by atoms with Crippen molar-refractivity contribution in [3.8, 4) is 5.75 Å². The average Bonchev–Trinajstić information content (AvgIpc) is 3.15. The molecule has 0 spiro atoms. The summed E-state index contributed by atoms with van der Waals surface area (Å²) in [7, 11) is 0. The van der Waals surface area contributed by atoms with Gasteiger partial charge < -0.3 is 14.4 Å². The standard InChI is InChI=1S/C25H29NO5/c1-15(2)22-8-7-21(12-16(22)3)30-14-24(28)31-17(4)25(29)20-6-9-23-19(13-20)10-11-26(23)18(5)27/h6-9,12-13,15,17H,10-11,14H2,1-5H3. The zero-order valence-corrected chi connectivity index (χ0v) is 18.7. The summed E-state index contributed by atoms with van der Waals surface area (Å²) in [5.41, 5.74) is 4.58. The molecule has 1 amide bonds. The van der Waals surface area contributed by atoms with Gasteiger partial charge in [0.2, 0.25) is 11.7 Å². The van der Waals surface area contributed by atoms with Crippen LogP contribution >= 0.6 is 0 Å². The topological polar surface area (TPSA) is 72.9 Å². The summed E-state index contributed by atoms with van der Waals surface area (Å²) in [6.45, 7) is 9.68. The predicted octanol–water partition coefficient (Wildman–Crippen LogP) is 4.22. The fourth-order valence-electron chi connectivity index (χ4n) is 3.93. The SMILES string of the molecule is CC(=O)N1CCc2cc(C(=O)C(C)OC(=O)COc3ccc(C(C)C)c(C)c3)ccc21. The van der Waals surface area contributed by atoms with Crippen molar-refractivity contribution in [1.29, 1.82) is 0 Å². The van der Waals surface area contributed by atoms with E-state index < -0.39 is 12.1 Å². The first-order chi connectivity index (χ1) is 14.7. The molecule has 0 radical (unpaired) electrons. The van der Waals surface area contributed by atoms with Gasteiger partial charge in [-0.2, -0.15) is 0 Å². The number of ketones is 1. The van der Waals surface area contributed by atoms with Crippen molar-refractivity contribution in [3.05, 3.63) is 58.7 Å². The number of hydrogen-bond acceptors (Lipinski definition) is 5. The maximum atomic E-state index is 12.7. The van der Waals surface area contributed by atoms with Crippen molar-refractivity contribution < 1.29 is 23.9 Å². The van der Waals surface area contributed by atoms with Crippen molar-refractivity contribution in [2.24, 2.45) is 0 Å². The van der Waals surface area contributed by atoms with E-state index in [9.17, 15) is 14.4 Å². The summed E-state index contributed by atoms with van der Waals surface area (Å²) in [5.74, 6) is 0.0983. The highest BCUT2D eigenvalue weighted by Crippen LogP contribution is 2.29. The average molecular weight is 424 g/mol. The second-order valence-electron chi connectivity index (χ2n) is 8.22. The number of hydrogen-bond donors (Lipinski definition) is 0. The molecule has 1 atom stereocenters. The quantitative estimate of drug-likeness (QED) is 0.492. The molecule has 2 aromatic rings. The van der Waals surface area contributed by atoms with Gasteiger partial charge in [0.05, 0.1) is 0 Å². The third kappa shape index (κ3) is 5.13. The van der Waals surface area contributed by atoms with Crippen LogP contribution in [0.2, 0.25) is 0 Å². The molecule has 0 fully saturated rings. The molecule has 6 heteroatoms. The number of carbonyl (C=O) groups excluding carboxylic acids is 3. The molecule has 1 aliphatic rings. The highest BCUT2D eigenvalue weighted by molar-refractivity contribution is 6.01. The van der Waals surface area contributed by atoms with Gasteiger partial charge in [-0.1, -0.05) is 19.9 Å². The summed E-state index contributed by atoms with van der Waals surface area (Å²) in [5, 5.41) is 0. The Labute approximate surface area is 183 Å². The molecule has 0 N–H and O–H groups in total. The molecule has 3 rings (SSSR count). The lowest BCUT2D eigenvalue weighted by Crippen LogP contribution is -2.27. The van der Waals surface area contributed by atoms with Crippen LogP contribution in [0, 0.1) is 6.92 Å². The lowest BCUT2D eigenvalue weighted by atomic mass is 9.98. The van der Waals surface area contributed by atoms with Crippen LogP contribution in [0.4, 0.5) is 5.69 Å². The minimum atomic E-state index is -0.926. The highest BCUT2D eigenvalue weighted by Gasteiger charge is 2.25. The Morgan fingerprint density at radius 3 is 2.45 bits per heavy atom. The van der Waals surface area contributed by atoms with E-state index in [0.717, 1.165) is 16.8 Å². The van der Waals surface area contributed by atoms with Gasteiger partial charge in [-0.05, 0) is 73.2 Å². The molecule has 164 valence electrons. The monoisotopic (exact) mass is 423 g/mol. The highest BCUT2D eigenvalue weighted by atomic mass is 16.6. The molecule has 6 nitrogen and oxygen atoms in total. The van der Waals surface area contributed by atoms with Crippen LogP contribution in [0.5, 0.6) is 5.75 Å². The number of fused-ring (bicyclic) bond motifs is 1. The molecule has 0 saturated carbocycles. The van der Waals surface area contributed by atoms with Crippen LogP contribution in [0.3, 0.4) is 0 Å². The molecule has 1 unspecified atom stereocenters. The lowest BCUT2D eigenvalue weighted by molar-refractivity contribution is -0.148. The zero-order valence-electron chi connectivity index (χ0n) is 18.7. The molecular weight excluding hydrogens is 394 g/mol. The van der Waals surface area contributed by atoms with Crippen molar-refractivity contribution in [3.63, 3.8) is 0 Å². The molecule has 0 aliphatic carbocycles. The van der Waals surface area contributed by atoms with E-state index in [2.05, 4.69) is 13.8 Å². The number of anilines is 1. The van der Waals surface area contributed by atoms with Gasteiger partial charge in [0, 0.05) is 24.7 Å². The van der Waals surface area contributed by atoms with Gasteiger partial charge in [-0.15, -0.1) is 0 Å². The normalized spacial score (nSPS) is 13.7. The number of Topliss-reactive ketones (excluding diaryl/α,β-unsaturated/α-hetero) is 1. The Balaban J connectivity index is 1.57. The minimum absolute atomic E-state index is 0.0193. The van der Waals surface area contributed by atoms with Gasteiger partial charge in [0.15, 0.2) is 12.7 Å². The van der Waals surface area contributed by atoms with Gasteiger partial charge in [0.25, 0.3) is 0 Å². The molecule has 0 bridgehead atoms. The van der Waals surface area contributed by atoms with Crippen molar-refractivity contribution >= 4 is 23.3 Å². The van der Waals surface area contributed by atoms with Crippen LogP contribution in [-0.2, 0) is 20.7 Å². The Morgan fingerprint density at radius 1 is 1.06 bits per heavy atom. The molecule has 0 saturated heterocycles. The number of carbonyl (C=O) groups is 3. The molecule has 2 aromatic carbocycles. The first-order valence-electron chi connectivity index (χ1n) is 10.6. The van der Waals surface area contributed by atoms with Crippen molar-refractivity contribution in [2.75, 3.05) is 18.1 Å². The van der Waals surface area contributed by atoms with Crippen LogP contribution < -0.4 is 9.64 Å². The van der Waals surface area contributed by atoms with Crippen LogP contribution in [0.15, 0.2) is 36.4 Å². The van der Waals surface area contributed by atoms with E-state index >= 15 is 0 Å². The number of ether oxygens (including phenoxy) is 2. The number of benzene rings is 2. The van der Waals surface area contributed by atoms with E-state index in [1.54, 1.807) is 30.0 Å². The largest absolute Gasteiger partial charge is 0.482 e.